The van der Waals surface area contributed by atoms with Crippen LogP contribution in [0.15, 0.2) is 59.4 Å². The SMILES string of the molecule is Cc1ccc(C(=O)N(CCCNC(=O)OC(C)(C)C)C(c2nc3snc(C)c3c(=O)n2Cc2ccccc2)C(C)C)cc1. The molecule has 0 fully saturated rings. The third-order valence-electron chi connectivity index (χ3n) is 7.02. The Morgan fingerprint density at radius 3 is 2.35 bits per heavy atom. The van der Waals surface area contributed by atoms with Crippen molar-refractivity contribution in [3.63, 3.8) is 0 Å². The molecule has 4 aromatic rings. The molecule has 2 heterocycles. The molecule has 1 unspecified atom stereocenters. The van der Waals surface area contributed by atoms with Gasteiger partial charge in [0.25, 0.3) is 11.5 Å². The van der Waals surface area contributed by atoms with E-state index in [1.165, 1.54) is 11.5 Å². The van der Waals surface area contributed by atoms with Gasteiger partial charge in [0.05, 0.1) is 23.7 Å². The number of carbonyl (C=O) groups is 2. The van der Waals surface area contributed by atoms with Gasteiger partial charge in [0.15, 0.2) is 4.83 Å². The van der Waals surface area contributed by atoms with Crippen molar-refractivity contribution >= 4 is 33.7 Å². The minimum atomic E-state index is -0.609. The minimum Gasteiger partial charge on any atom is -0.444 e. The molecule has 228 valence electrons. The van der Waals surface area contributed by atoms with Crippen molar-refractivity contribution < 1.29 is 14.3 Å². The van der Waals surface area contributed by atoms with Gasteiger partial charge < -0.3 is 15.0 Å². The lowest BCUT2D eigenvalue weighted by atomic mass is 9.98. The lowest BCUT2D eigenvalue weighted by Crippen LogP contribution is -2.43. The number of nitrogens with one attached hydrogen (secondary N) is 1. The maximum Gasteiger partial charge on any atom is 0.407 e. The molecule has 10 heteroatoms. The van der Waals surface area contributed by atoms with Crippen LogP contribution in [0.4, 0.5) is 4.79 Å². The molecule has 43 heavy (non-hydrogen) atoms. The molecular weight excluding hydrogens is 562 g/mol. The van der Waals surface area contributed by atoms with Crippen LogP contribution in [-0.2, 0) is 11.3 Å². The predicted molar refractivity (Wildman–Crippen MR) is 171 cm³/mol. The molecule has 1 atom stereocenters. The molecule has 0 saturated carbocycles. The summed E-state index contributed by atoms with van der Waals surface area (Å²) in [6.45, 7) is 14.2. The predicted octanol–water partition coefficient (Wildman–Crippen LogP) is 6.27. The molecule has 9 nitrogen and oxygen atoms in total. The van der Waals surface area contributed by atoms with Crippen LogP contribution in [-0.4, -0.2) is 49.5 Å². The van der Waals surface area contributed by atoms with Crippen molar-refractivity contribution in [1.29, 1.82) is 0 Å². The van der Waals surface area contributed by atoms with E-state index in [4.69, 9.17) is 9.72 Å². The second-order valence-corrected chi connectivity index (χ2v) is 12.9. The average Bonchev–Trinajstić information content (AvgIpc) is 3.32. The number of fused-ring (bicyclic) bond motifs is 1. The standard InChI is InChI=1S/C33H41N5O4S/c1-21(2)27(28-35-29-26(23(4)36-43-29)31(40)38(28)20-24-12-9-8-10-13-24)37(30(39)25-16-14-22(3)15-17-25)19-11-18-34-32(41)42-33(5,6)7/h8-10,12-17,21,27H,11,18-20H2,1-7H3,(H,34,41). The highest BCUT2D eigenvalue weighted by Gasteiger charge is 2.33. The zero-order valence-corrected chi connectivity index (χ0v) is 26.8. The van der Waals surface area contributed by atoms with Crippen LogP contribution < -0.4 is 10.9 Å². The van der Waals surface area contributed by atoms with Gasteiger partial charge in [-0.1, -0.05) is 61.9 Å². The zero-order valence-electron chi connectivity index (χ0n) is 26.0. The van der Waals surface area contributed by atoms with Gasteiger partial charge >= 0.3 is 6.09 Å². The quantitative estimate of drug-likeness (QED) is 0.214. The lowest BCUT2D eigenvalue weighted by Gasteiger charge is -2.35. The summed E-state index contributed by atoms with van der Waals surface area (Å²) in [5, 5.41) is 3.30. The van der Waals surface area contributed by atoms with E-state index in [0.717, 1.165) is 11.1 Å². The summed E-state index contributed by atoms with van der Waals surface area (Å²) in [5.74, 6) is 0.256. The Kier molecular flexibility index (Phi) is 10.0. The first kappa shape index (κ1) is 31.9. The zero-order chi connectivity index (χ0) is 31.3. The minimum absolute atomic E-state index is 0.0893. The highest BCUT2D eigenvalue weighted by atomic mass is 32.1. The largest absolute Gasteiger partial charge is 0.444 e. The number of alkyl carbamates (subject to hydrolysis) is 1. The van der Waals surface area contributed by atoms with Crippen molar-refractivity contribution in [1.82, 2.24) is 24.1 Å². The van der Waals surface area contributed by atoms with Crippen LogP contribution in [0, 0.1) is 19.8 Å². The number of rotatable bonds is 10. The van der Waals surface area contributed by atoms with Crippen LogP contribution in [0.2, 0.25) is 0 Å². The molecule has 2 aromatic carbocycles. The van der Waals surface area contributed by atoms with Gasteiger partial charge in [-0.05, 0) is 76.2 Å². The van der Waals surface area contributed by atoms with Crippen molar-refractivity contribution in [2.75, 3.05) is 13.1 Å². The monoisotopic (exact) mass is 603 g/mol. The fourth-order valence-electron chi connectivity index (χ4n) is 5.01. The number of benzene rings is 2. The van der Waals surface area contributed by atoms with Crippen molar-refractivity contribution in [2.24, 2.45) is 5.92 Å². The summed E-state index contributed by atoms with van der Waals surface area (Å²) in [5.41, 5.74) is 2.41. The molecule has 4 rings (SSSR count). The molecule has 0 aliphatic heterocycles. The van der Waals surface area contributed by atoms with E-state index in [0.29, 0.717) is 53.4 Å². The number of hydrogen-bond acceptors (Lipinski definition) is 7. The van der Waals surface area contributed by atoms with Crippen LogP contribution in [0.1, 0.15) is 80.1 Å². The van der Waals surface area contributed by atoms with Gasteiger partial charge in [-0.15, -0.1) is 0 Å². The second-order valence-electron chi connectivity index (χ2n) is 12.1. The van der Waals surface area contributed by atoms with E-state index in [9.17, 15) is 14.4 Å². The Balaban J connectivity index is 1.77. The number of ether oxygens (including phenoxy) is 1. The lowest BCUT2D eigenvalue weighted by molar-refractivity contribution is 0.0519. The fourth-order valence-corrected chi connectivity index (χ4v) is 5.78. The number of carbonyl (C=O) groups excluding carboxylic acids is 2. The van der Waals surface area contributed by atoms with Gasteiger partial charge in [0.2, 0.25) is 0 Å². The summed E-state index contributed by atoms with van der Waals surface area (Å²) < 4.78 is 11.5. The van der Waals surface area contributed by atoms with Gasteiger partial charge in [-0.25, -0.2) is 9.78 Å². The summed E-state index contributed by atoms with van der Waals surface area (Å²) in [6.07, 6.45) is -0.0288. The van der Waals surface area contributed by atoms with Crippen molar-refractivity contribution in [3.8, 4) is 0 Å². The van der Waals surface area contributed by atoms with Gasteiger partial charge in [-0.2, -0.15) is 4.37 Å². The molecule has 2 aromatic heterocycles. The van der Waals surface area contributed by atoms with E-state index in [1.54, 1.807) is 9.47 Å². The van der Waals surface area contributed by atoms with Crippen LogP contribution in [0.25, 0.3) is 10.2 Å². The normalized spacial score (nSPS) is 12.4. The smallest absolute Gasteiger partial charge is 0.407 e. The van der Waals surface area contributed by atoms with Gasteiger partial charge in [0, 0.05) is 18.7 Å². The van der Waals surface area contributed by atoms with Crippen LogP contribution >= 0.6 is 11.5 Å². The summed E-state index contributed by atoms with van der Waals surface area (Å²) in [7, 11) is 0. The van der Waals surface area contributed by atoms with E-state index < -0.39 is 17.7 Å². The van der Waals surface area contributed by atoms with Crippen molar-refractivity contribution in [3.05, 3.63) is 93.2 Å². The Labute approximate surface area is 257 Å². The van der Waals surface area contributed by atoms with E-state index in [2.05, 4.69) is 9.69 Å². The number of nitrogens with zero attached hydrogens (tertiary/aromatic N) is 4. The average molecular weight is 604 g/mol. The summed E-state index contributed by atoms with van der Waals surface area (Å²) >= 11 is 1.19. The Morgan fingerprint density at radius 2 is 1.72 bits per heavy atom. The maximum absolute atomic E-state index is 14.2. The van der Waals surface area contributed by atoms with Crippen LogP contribution in [0.3, 0.4) is 0 Å². The number of hydrogen-bond donors (Lipinski definition) is 1. The first-order valence-corrected chi connectivity index (χ1v) is 15.4. The van der Waals surface area contributed by atoms with Crippen LogP contribution in [0.5, 0.6) is 0 Å². The molecule has 0 saturated heterocycles. The molecule has 0 aliphatic rings. The molecular formula is C33H41N5O4S. The van der Waals surface area contributed by atoms with E-state index in [-0.39, 0.29) is 17.4 Å². The Bertz CT molecular complexity index is 1620. The fraction of sp³-hybridized carbons (Fsp3) is 0.424. The molecule has 0 radical (unpaired) electrons. The molecule has 0 spiro atoms. The first-order chi connectivity index (χ1) is 20.4. The highest BCUT2D eigenvalue weighted by Crippen LogP contribution is 2.31. The van der Waals surface area contributed by atoms with E-state index >= 15 is 0 Å². The Morgan fingerprint density at radius 1 is 1.05 bits per heavy atom. The number of amides is 2. The summed E-state index contributed by atoms with van der Waals surface area (Å²) in [6, 6.07) is 16.7. The first-order valence-electron chi connectivity index (χ1n) is 14.6. The number of aryl methyl sites for hydroxylation is 2. The maximum atomic E-state index is 14.2. The van der Waals surface area contributed by atoms with Crippen molar-refractivity contribution in [2.45, 2.75) is 73.1 Å². The molecule has 0 aliphatic carbocycles. The number of aromatic nitrogens is 3. The van der Waals surface area contributed by atoms with Gasteiger partial charge in [0.1, 0.15) is 11.4 Å². The molecule has 0 bridgehead atoms. The topological polar surface area (TPSA) is 106 Å². The third-order valence-corrected chi connectivity index (χ3v) is 7.85. The molecule has 2 amide bonds. The summed E-state index contributed by atoms with van der Waals surface area (Å²) in [4.78, 5) is 47.9. The Hall–Kier alpha value is -4.05. The van der Waals surface area contributed by atoms with E-state index in [1.807, 2.05) is 103 Å². The second kappa shape index (κ2) is 13.5. The highest BCUT2D eigenvalue weighted by molar-refractivity contribution is 7.12. The third kappa shape index (κ3) is 7.87. The molecule has 1 N–H and O–H groups in total. The van der Waals surface area contributed by atoms with Gasteiger partial charge in [-0.3, -0.25) is 14.2 Å².